The minimum Gasteiger partial charge on any atom is -0.299 e. The van der Waals surface area contributed by atoms with E-state index >= 15 is 0 Å². The summed E-state index contributed by atoms with van der Waals surface area (Å²) in [6.45, 7) is 2.48. The van der Waals surface area contributed by atoms with Crippen molar-refractivity contribution >= 4 is 34.1 Å². The molecule has 2 fully saturated rings. The average Bonchev–Trinajstić information content (AvgIpc) is 3.05. The van der Waals surface area contributed by atoms with Crippen molar-refractivity contribution in [2.45, 2.75) is 54.7 Å². The van der Waals surface area contributed by atoms with Gasteiger partial charge in [0.25, 0.3) is 0 Å². The largest absolute Gasteiger partial charge is 0.299 e. The number of aromatic nitrogens is 1. The highest BCUT2D eigenvalue weighted by Gasteiger charge is 2.29. The summed E-state index contributed by atoms with van der Waals surface area (Å²) in [5, 5.41) is 3.89. The van der Waals surface area contributed by atoms with Crippen LogP contribution in [-0.4, -0.2) is 34.3 Å². The summed E-state index contributed by atoms with van der Waals surface area (Å²) in [6.07, 6.45) is 12.1. The number of halogens is 1. The highest BCUT2D eigenvalue weighted by molar-refractivity contribution is 8.00. The molecule has 1 aromatic heterocycles. The Bertz CT molecular complexity index is 684. The van der Waals surface area contributed by atoms with E-state index in [0.717, 1.165) is 16.5 Å². The van der Waals surface area contributed by atoms with E-state index in [9.17, 15) is 0 Å². The Kier molecular flexibility index (Phi) is 4.79. The number of pyridine rings is 1. The fourth-order valence-electron chi connectivity index (χ4n) is 3.99. The van der Waals surface area contributed by atoms with Gasteiger partial charge in [0.15, 0.2) is 0 Å². The molecule has 1 atom stereocenters. The van der Waals surface area contributed by atoms with E-state index in [1.807, 2.05) is 24.2 Å². The van der Waals surface area contributed by atoms with Crippen molar-refractivity contribution in [3.8, 4) is 0 Å². The number of likely N-dealkylation sites (tertiary alicyclic amines) is 1. The van der Waals surface area contributed by atoms with Crippen molar-refractivity contribution < 1.29 is 0 Å². The third-order valence-corrected chi connectivity index (χ3v) is 6.99. The van der Waals surface area contributed by atoms with Crippen LogP contribution in [0.4, 0.5) is 0 Å². The van der Waals surface area contributed by atoms with Crippen LogP contribution in [0.2, 0.25) is 5.02 Å². The molecule has 23 heavy (non-hydrogen) atoms. The number of rotatable bonds is 3. The van der Waals surface area contributed by atoms with Crippen molar-refractivity contribution in [3.05, 3.63) is 35.6 Å². The molecule has 2 nitrogen and oxygen atoms in total. The first kappa shape index (κ1) is 15.7. The van der Waals surface area contributed by atoms with Gasteiger partial charge in [-0.15, -0.1) is 11.8 Å². The summed E-state index contributed by atoms with van der Waals surface area (Å²) in [4.78, 5) is 8.13. The minimum absolute atomic E-state index is 0.675. The normalized spacial score (nSPS) is 23.6. The van der Waals surface area contributed by atoms with Crippen LogP contribution in [0.15, 0.2) is 35.5 Å². The second-order valence-electron chi connectivity index (χ2n) is 6.82. The van der Waals surface area contributed by atoms with Crippen molar-refractivity contribution in [3.63, 3.8) is 0 Å². The molecule has 0 N–H and O–H groups in total. The number of nitrogens with zero attached hydrogens (tertiary/aromatic N) is 2. The maximum Gasteiger partial charge on any atom is 0.0548 e. The molecule has 1 aliphatic heterocycles. The standard InChI is InChI=1S/C19H23ClN2S/c20-18-10-15-12-21-8-6-14(15)11-19(18)23-17-7-9-22(13-17)16-4-2-1-3-5-16/h6,8,10-12,16-17H,1-5,7,9,13H2/t17-/m0/s1. The molecular formula is C19H23ClN2S. The number of thioether (sulfide) groups is 1. The average molecular weight is 347 g/mol. The number of hydrogen-bond donors (Lipinski definition) is 0. The van der Waals surface area contributed by atoms with Gasteiger partial charge in [-0.05, 0) is 49.4 Å². The summed E-state index contributed by atoms with van der Waals surface area (Å²) in [5.41, 5.74) is 0. The van der Waals surface area contributed by atoms with Crippen molar-refractivity contribution in [1.29, 1.82) is 0 Å². The molecule has 4 heteroatoms. The van der Waals surface area contributed by atoms with E-state index in [1.165, 1.54) is 61.9 Å². The summed E-state index contributed by atoms with van der Waals surface area (Å²) in [7, 11) is 0. The van der Waals surface area contributed by atoms with Gasteiger partial charge in [0.05, 0.1) is 5.02 Å². The van der Waals surface area contributed by atoms with Gasteiger partial charge < -0.3 is 0 Å². The molecule has 1 saturated carbocycles. The van der Waals surface area contributed by atoms with E-state index in [4.69, 9.17) is 11.6 Å². The topological polar surface area (TPSA) is 16.1 Å². The van der Waals surface area contributed by atoms with Crippen LogP contribution < -0.4 is 0 Å². The van der Waals surface area contributed by atoms with Crippen LogP contribution in [0.5, 0.6) is 0 Å². The zero-order chi connectivity index (χ0) is 15.6. The fourth-order valence-corrected chi connectivity index (χ4v) is 5.51. The Hall–Kier alpha value is -0.770. The first-order chi connectivity index (χ1) is 11.3. The quantitative estimate of drug-likeness (QED) is 0.741. The zero-order valence-electron chi connectivity index (χ0n) is 13.4. The van der Waals surface area contributed by atoms with Gasteiger partial charge in [0.1, 0.15) is 0 Å². The predicted molar refractivity (Wildman–Crippen MR) is 99.5 cm³/mol. The molecule has 0 amide bonds. The van der Waals surface area contributed by atoms with E-state index in [1.54, 1.807) is 0 Å². The van der Waals surface area contributed by atoms with Crippen molar-refractivity contribution in [1.82, 2.24) is 9.88 Å². The second kappa shape index (κ2) is 7.00. The van der Waals surface area contributed by atoms with E-state index < -0.39 is 0 Å². The molecule has 4 rings (SSSR count). The fraction of sp³-hybridized carbons (Fsp3) is 0.526. The zero-order valence-corrected chi connectivity index (χ0v) is 15.0. The Morgan fingerprint density at radius 1 is 1.09 bits per heavy atom. The molecule has 2 aromatic rings. The summed E-state index contributed by atoms with van der Waals surface area (Å²) in [6, 6.07) is 7.19. The van der Waals surface area contributed by atoms with Gasteiger partial charge in [-0.25, -0.2) is 0 Å². The monoisotopic (exact) mass is 346 g/mol. The van der Waals surface area contributed by atoms with Gasteiger partial charge >= 0.3 is 0 Å². The molecule has 0 unspecified atom stereocenters. The number of hydrogen-bond acceptors (Lipinski definition) is 3. The Balaban J connectivity index is 1.45. The van der Waals surface area contributed by atoms with Crippen molar-refractivity contribution in [2.75, 3.05) is 13.1 Å². The van der Waals surface area contributed by atoms with Gasteiger partial charge in [0, 0.05) is 40.5 Å². The molecular weight excluding hydrogens is 324 g/mol. The predicted octanol–water partition coefficient (Wildman–Crippen LogP) is 5.39. The molecule has 122 valence electrons. The van der Waals surface area contributed by atoms with Gasteiger partial charge in [-0.1, -0.05) is 30.9 Å². The lowest BCUT2D eigenvalue weighted by atomic mass is 9.94. The first-order valence-corrected chi connectivity index (χ1v) is 9.99. The Morgan fingerprint density at radius 2 is 1.96 bits per heavy atom. The lowest BCUT2D eigenvalue weighted by Gasteiger charge is -2.31. The molecule has 2 aliphatic rings. The summed E-state index contributed by atoms with van der Waals surface area (Å²) in [5.74, 6) is 0. The maximum atomic E-state index is 6.50. The Labute approximate surface area is 147 Å². The van der Waals surface area contributed by atoms with Crippen molar-refractivity contribution in [2.24, 2.45) is 0 Å². The summed E-state index contributed by atoms with van der Waals surface area (Å²) < 4.78 is 0. The smallest absolute Gasteiger partial charge is 0.0548 e. The molecule has 0 radical (unpaired) electrons. The van der Waals surface area contributed by atoms with Gasteiger partial charge in [-0.2, -0.15) is 0 Å². The third kappa shape index (κ3) is 3.52. The minimum atomic E-state index is 0.675. The SMILES string of the molecule is Clc1cc2cnccc2cc1S[C@H]1CCN(C2CCCCC2)C1. The first-order valence-electron chi connectivity index (χ1n) is 8.73. The molecule has 0 bridgehead atoms. The number of fused-ring (bicyclic) bond motifs is 1. The van der Waals surface area contributed by atoms with E-state index in [-0.39, 0.29) is 0 Å². The number of benzene rings is 1. The van der Waals surface area contributed by atoms with Crippen LogP contribution in [0.1, 0.15) is 38.5 Å². The molecule has 0 spiro atoms. The molecule has 1 aliphatic carbocycles. The molecule has 1 saturated heterocycles. The van der Waals surface area contributed by atoms with Gasteiger partial charge in [-0.3, -0.25) is 9.88 Å². The third-order valence-electron chi connectivity index (χ3n) is 5.25. The van der Waals surface area contributed by atoms with Crippen LogP contribution in [-0.2, 0) is 0 Å². The molecule has 1 aromatic carbocycles. The van der Waals surface area contributed by atoms with Crippen LogP contribution in [0.25, 0.3) is 10.8 Å². The molecule has 2 heterocycles. The van der Waals surface area contributed by atoms with Crippen LogP contribution in [0, 0.1) is 0 Å². The summed E-state index contributed by atoms with van der Waals surface area (Å²) >= 11 is 8.47. The lowest BCUT2D eigenvalue weighted by Crippen LogP contribution is -2.35. The highest BCUT2D eigenvalue weighted by atomic mass is 35.5. The van der Waals surface area contributed by atoms with Gasteiger partial charge in [0.2, 0.25) is 0 Å². The van der Waals surface area contributed by atoms with E-state index in [0.29, 0.717) is 5.25 Å². The van der Waals surface area contributed by atoms with E-state index in [2.05, 4.69) is 28.1 Å². The second-order valence-corrected chi connectivity index (χ2v) is 8.57. The van der Waals surface area contributed by atoms with Crippen LogP contribution in [0.3, 0.4) is 0 Å². The Morgan fingerprint density at radius 3 is 2.83 bits per heavy atom. The maximum absolute atomic E-state index is 6.50. The highest BCUT2D eigenvalue weighted by Crippen LogP contribution is 2.38. The van der Waals surface area contributed by atoms with Crippen LogP contribution >= 0.6 is 23.4 Å². The lowest BCUT2D eigenvalue weighted by molar-refractivity contribution is 0.192.